The van der Waals surface area contributed by atoms with Crippen molar-refractivity contribution in [2.75, 3.05) is 13.6 Å². The first kappa shape index (κ1) is 14.3. The average molecular weight is 288 g/mol. The van der Waals surface area contributed by atoms with E-state index in [0.29, 0.717) is 18.8 Å². The van der Waals surface area contributed by atoms with E-state index >= 15 is 0 Å². The van der Waals surface area contributed by atoms with Gasteiger partial charge in [0.15, 0.2) is 0 Å². The fourth-order valence-corrected chi connectivity index (χ4v) is 2.58. The van der Waals surface area contributed by atoms with Crippen molar-refractivity contribution in [3.63, 3.8) is 0 Å². The monoisotopic (exact) mass is 288 g/mol. The number of carbonyl (C=O) groups excluding carboxylic acids is 1. The lowest BCUT2D eigenvalue weighted by Gasteiger charge is -2.14. The van der Waals surface area contributed by atoms with Gasteiger partial charge >= 0.3 is 0 Å². The van der Waals surface area contributed by atoms with Crippen LogP contribution in [-0.4, -0.2) is 34.2 Å². The lowest BCUT2D eigenvalue weighted by atomic mass is 10.3. The summed E-state index contributed by atoms with van der Waals surface area (Å²) in [4.78, 5) is 14.9. The number of nitrogens with zero attached hydrogens (tertiary/aromatic N) is 3. The number of rotatable bonds is 3. The first-order valence-corrected chi connectivity index (χ1v) is 6.99. The fraction of sp³-hybridized carbons (Fsp3) is 0.286. The highest BCUT2D eigenvalue weighted by Crippen LogP contribution is 2.16. The van der Waals surface area contributed by atoms with E-state index in [0.717, 1.165) is 10.4 Å². The Kier molecular flexibility index (Phi) is 4.56. The van der Waals surface area contributed by atoms with Gasteiger partial charge in [0.05, 0.1) is 13.1 Å². The molecule has 2 heterocycles. The maximum absolute atomic E-state index is 12.2. The minimum Gasteiger partial charge on any atom is -0.335 e. The Morgan fingerprint density at radius 3 is 3.05 bits per heavy atom. The Morgan fingerprint density at radius 2 is 2.40 bits per heavy atom. The predicted molar refractivity (Wildman–Crippen MR) is 79.3 cm³/mol. The molecule has 20 heavy (non-hydrogen) atoms. The molecular formula is C14H16N4OS. The van der Waals surface area contributed by atoms with Crippen LogP contribution < -0.4 is 5.73 Å². The van der Waals surface area contributed by atoms with Crippen LogP contribution in [0.1, 0.15) is 20.9 Å². The maximum atomic E-state index is 12.2. The largest absolute Gasteiger partial charge is 0.335 e. The summed E-state index contributed by atoms with van der Waals surface area (Å²) in [6.45, 7) is 0.896. The molecule has 2 rings (SSSR count). The zero-order chi connectivity index (χ0) is 14.5. The van der Waals surface area contributed by atoms with Gasteiger partial charge in [-0.05, 0) is 12.1 Å². The van der Waals surface area contributed by atoms with Crippen LogP contribution >= 0.6 is 11.3 Å². The molecule has 2 aromatic heterocycles. The van der Waals surface area contributed by atoms with Crippen molar-refractivity contribution in [3.8, 4) is 11.8 Å². The van der Waals surface area contributed by atoms with Crippen molar-refractivity contribution < 1.29 is 4.79 Å². The second-order valence-electron chi connectivity index (χ2n) is 4.34. The number of amides is 1. The van der Waals surface area contributed by atoms with E-state index in [1.54, 1.807) is 47.3 Å². The van der Waals surface area contributed by atoms with Crippen molar-refractivity contribution in [1.82, 2.24) is 14.7 Å². The Balaban J connectivity index is 2.02. The topological polar surface area (TPSA) is 64.2 Å². The van der Waals surface area contributed by atoms with Crippen LogP contribution in [0.25, 0.3) is 0 Å². The van der Waals surface area contributed by atoms with E-state index in [9.17, 15) is 4.79 Å². The molecule has 2 aromatic rings. The molecule has 0 aliphatic heterocycles. The lowest BCUT2D eigenvalue weighted by molar-refractivity contribution is 0.0780. The highest BCUT2D eigenvalue weighted by atomic mass is 32.1. The Labute approximate surface area is 122 Å². The average Bonchev–Trinajstić information content (AvgIpc) is 3.04. The molecule has 0 saturated carbocycles. The molecule has 0 unspecified atom stereocenters. The standard InChI is InChI=1S/C14H16N4OS/c1-17(14(19)13-5-7-18(2)16-13)9-12-8-11(10-20-12)4-3-6-15/h5,7-8,10H,6,9,15H2,1-2H3. The first-order valence-electron chi connectivity index (χ1n) is 6.11. The van der Waals surface area contributed by atoms with Gasteiger partial charge in [-0.2, -0.15) is 5.10 Å². The molecule has 2 N–H and O–H groups in total. The molecule has 0 atom stereocenters. The third-order valence-corrected chi connectivity index (χ3v) is 3.58. The molecule has 6 heteroatoms. The maximum Gasteiger partial charge on any atom is 0.274 e. The van der Waals surface area contributed by atoms with Gasteiger partial charge in [0.2, 0.25) is 0 Å². The summed E-state index contributed by atoms with van der Waals surface area (Å²) in [5, 5.41) is 6.08. The minimum absolute atomic E-state index is 0.0893. The van der Waals surface area contributed by atoms with Gasteiger partial charge in [0.1, 0.15) is 5.69 Å². The normalized spacial score (nSPS) is 9.95. The number of carbonyl (C=O) groups is 1. The summed E-state index contributed by atoms with van der Waals surface area (Å²) in [5.41, 5.74) is 6.73. The predicted octanol–water partition coefficient (Wildman–Crippen LogP) is 1.06. The fourth-order valence-electron chi connectivity index (χ4n) is 1.71. The number of hydrogen-bond donors (Lipinski definition) is 1. The van der Waals surface area contributed by atoms with Crippen molar-refractivity contribution in [2.45, 2.75) is 6.54 Å². The summed E-state index contributed by atoms with van der Waals surface area (Å²) in [5.74, 6) is 5.70. The Hall–Kier alpha value is -2.10. The summed E-state index contributed by atoms with van der Waals surface area (Å²) in [7, 11) is 3.56. The van der Waals surface area contributed by atoms with E-state index in [-0.39, 0.29) is 5.91 Å². The third-order valence-electron chi connectivity index (χ3n) is 2.66. The van der Waals surface area contributed by atoms with E-state index < -0.39 is 0 Å². The minimum atomic E-state index is -0.0893. The molecular weight excluding hydrogens is 272 g/mol. The lowest BCUT2D eigenvalue weighted by Crippen LogP contribution is -2.26. The molecule has 5 nitrogen and oxygen atoms in total. The number of aryl methyl sites for hydroxylation is 1. The van der Waals surface area contributed by atoms with Gasteiger partial charge in [0.25, 0.3) is 5.91 Å². The highest BCUT2D eigenvalue weighted by Gasteiger charge is 2.15. The molecule has 0 fully saturated rings. The SMILES string of the molecule is CN(Cc1cc(C#CCN)cs1)C(=O)c1ccn(C)n1. The zero-order valence-corrected chi connectivity index (χ0v) is 12.3. The van der Waals surface area contributed by atoms with Crippen LogP contribution in [0.4, 0.5) is 0 Å². The summed E-state index contributed by atoms with van der Waals surface area (Å²) in [6, 6.07) is 3.70. The van der Waals surface area contributed by atoms with Crippen LogP contribution in [0.15, 0.2) is 23.7 Å². The number of aromatic nitrogens is 2. The van der Waals surface area contributed by atoms with Crippen molar-refractivity contribution in [2.24, 2.45) is 12.8 Å². The van der Waals surface area contributed by atoms with E-state index in [1.807, 2.05) is 11.4 Å². The summed E-state index contributed by atoms with van der Waals surface area (Å²) < 4.78 is 1.62. The first-order chi connectivity index (χ1) is 9.60. The van der Waals surface area contributed by atoms with Crippen LogP contribution in [-0.2, 0) is 13.6 Å². The number of thiophene rings is 1. The molecule has 0 aromatic carbocycles. The quantitative estimate of drug-likeness (QED) is 0.859. The van der Waals surface area contributed by atoms with Crippen molar-refractivity contribution in [1.29, 1.82) is 0 Å². The Morgan fingerprint density at radius 1 is 1.60 bits per heavy atom. The van der Waals surface area contributed by atoms with E-state index in [2.05, 4.69) is 16.9 Å². The van der Waals surface area contributed by atoms with Gasteiger partial charge in [-0.25, -0.2) is 0 Å². The van der Waals surface area contributed by atoms with Gasteiger partial charge < -0.3 is 10.6 Å². The number of nitrogens with two attached hydrogens (primary N) is 1. The third kappa shape index (κ3) is 3.47. The molecule has 0 saturated heterocycles. The molecule has 0 radical (unpaired) electrons. The van der Waals surface area contributed by atoms with Gasteiger partial charge in [0, 0.05) is 36.1 Å². The smallest absolute Gasteiger partial charge is 0.274 e. The molecule has 0 aliphatic carbocycles. The van der Waals surface area contributed by atoms with Crippen molar-refractivity contribution >= 4 is 17.2 Å². The van der Waals surface area contributed by atoms with E-state index in [1.165, 1.54) is 0 Å². The molecule has 0 spiro atoms. The Bertz CT molecular complexity index is 662. The molecule has 0 bridgehead atoms. The highest BCUT2D eigenvalue weighted by molar-refractivity contribution is 7.10. The van der Waals surface area contributed by atoms with Gasteiger partial charge in [-0.3, -0.25) is 9.48 Å². The second-order valence-corrected chi connectivity index (χ2v) is 5.34. The molecule has 0 aliphatic rings. The zero-order valence-electron chi connectivity index (χ0n) is 11.5. The summed E-state index contributed by atoms with van der Waals surface area (Å²) >= 11 is 1.58. The van der Waals surface area contributed by atoms with Crippen LogP contribution in [0, 0.1) is 11.8 Å². The van der Waals surface area contributed by atoms with Crippen molar-refractivity contribution in [3.05, 3.63) is 39.8 Å². The molecule has 104 valence electrons. The number of hydrogen-bond acceptors (Lipinski definition) is 4. The van der Waals surface area contributed by atoms with Crippen LogP contribution in [0.2, 0.25) is 0 Å². The molecule has 1 amide bonds. The van der Waals surface area contributed by atoms with Gasteiger partial charge in [-0.1, -0.05) is 11.8 Å². The van der Waals surface area contributed by atoms with Crippen LogP contribution in [0.3, 0.4) is 0 Å². The second kappa shape index (κ2) is 6.37. The summed E-state index contributed by atoms with van der Waals surface area (Å²) in [6.07, 6.45) is 1.76. The van der Waals surface area contributed by atoms with Gasteiger partial charge in [-0.15, -0.1) is 11.3 Å². The van der Waals surface area contributed by atoms with Crippen LogP contribution in [0.5, 0.6) is 0 Å². The van der Waals surface area contributed by atoms with E-state index in [4.69, 9.17) is 5.73 Å².